The smallest absolute Gasteiger partial charge is 0.349 e. The summed E-state index contributed by atoms with van der Waals surface area (Å²) >= 11 is 0. The molecule has 0 N–H and O–H groups in total. The molecule has 0 amide bonds. The number of anilines is 1. The minimum atomic E-state index is -0.588. The number of ether oxygens (including phenoxy) is 2. The van der Waals surface area contributed by atoms with Crippen molar-refractivity contribution < 1.29 is 14.3 Å². The number of hydrogen-bond donors (Lipinski definition) is 0. The number of benzene rings is 1. The zero-order chi connectivity index (χ0) is 15.9. The van der Waals surface area contributed by atoms with E-state index in [4.69, 9.17) is 14.7 Å². The van der Waals surface area contributed by atoms with E-state index in [1.807, 2.05) is 30.3 Å². The first-order chi connectivity index (χ1) is 10.6. The Balaban J connectivity index is 2.10. The Morgan fingerprint density at radius 3 is 2.50 bits per heavy atom. The minimum Gasteiger partial charge on any atom is -0.459 e. The molecule has 0 saturated carbocycles. The minimum absolute atomic E-state index is 0.00724. The van der Waals surface area contributed by atoms with Gasteiger partial charge in [-0.25, -0.2) is 4.79 Å². The van der Waals surface area contributed by atoms with Crippen LogP contribution < -0.4 is 4.90 Å². The molecule has 0 unspecified atom stereocenters. The Hall–Kier alpha value is -2.32. The van der Waals surface area contributed by atoms with E-state index in [-0.39, 0.29) is 11.7 Å². The Bertz CT molecular complexity index is 579. The van der Waals surface area contributed by atoms with Crippen LogP contribution in [0.3, 0.4) is 0 Å². The molecule has 0 aliphatic carbocycles. The monoisotopic (exact) mass is 300 g/mol. The number of morpholine rings is 1. The number of carbonyl (C=O) groups is 1. The van der Waals surface area contributed by atoms with Crippen LogP contribution in [0, 0.1) is 11.3 Å². The lowest BCUT2D eigenvalue weighted by molar-refractivity contribution is -0.142. The number of rotatable bonds is 4. The maximum atomic E-state index is 11.8. The molecular weight excluding hydrogens is 280 g/mol. The molecule has 0 bridgehead atoms. The Morgan fingerprint density at radius 2 is 1.95 bits per heavy atom. The van der Waals surface area contributed by atoms with E-state index < -0.39 is 5.97 Å². The highest BCUT2D eigenvalue weighted by atomic mass is 16.5. The number of nitriles is 1. The third-order valence-electron chi connectivity index (χ3n) is 3.26. The summed E-state index contributed by atoms with van der Waals surface area (Å²) in [5.41, 5.74) is 1.92. The van der Waals surface area contributed by atoms with Crippen molar-refractivity contribution in [3.8, 4) is 6.07 Å². The highest BCUT2D eigenvalue weighted by molar-refractivity contribution is 5.98. The van der Waals surface area contributed by atoms with E-state index in [1.54, 1.807) is 19.9 Å². The van der Waals surface area contributed by atoms with Crippen molar-refractivity contribution in [2.75, 3.05) is 31.2 Å². The molecule has 2 rings (SSSR count). The second-order valence-electron chi connectivity index (χ2n) is 5.31. The Morgan fingerprint density at radius 1 is 1.32 bits per heavy atom. The molecule has 1 aromatic rings. The van der Waals surface area contributed by atoms with Crippen molar-refractivity contribution in [2.24, 2.45) is 0 Å². The average Bonchev–Trinajstić information content (AvgIpc) is 2.53. The van der Waals surface area contributed by atoms with Crippen molar-refractivity contribution in [3.05, 3.63) is 35.4 Å². The van der Waals surface area contributed by atoms with E-state index in [0.29, 0.717) is 0 Å². The van der Waals surface area contributed by atoms with Gasteiger partial charge < -0.3 is 14.4 Å². The number of esters is 1. The third kappa shape index (κ3) is 4.34. The first kappa shape index (κ1) is 16.1. The van der Waals surface area contributed by atoms with Crippen LogP contribution in [0.15, 0.2) is 29.8 Å². The van der Waals surface area contributed by atoms with E-state index >= 15 is 0 Å². The largest absolute Gasteiger partial charge is 0.459 e. The fraction of sp³-hybridized carbons (Fsp3) is 0.412. The maximum absolute atomic E-state index is 11.8. The van der Waals surface area contributed by atoms with Gasteiger partial charge in [0.2, 0.25) is 0 Å². The summed E-state index contributed by atoms with van der Waals surface area (Å²) in [6, 6.07) is 9.65. The quantitative estimate of drug-likeness (QED) is 0.485. The first-order valence-corrected chi connectivity index (χ1v) is 7.35. The van der Waals surface area contributed by atoms with Crippen molar-refractivity contribution in [1.82, 2.24) is 0 Å². The number of carbonyl (C=O) groups excluding carboxylic acids is 1. The molecule has 0 radical (unpaired) electrons. The highest BCUT2D eigenvalue weighted by Gasteiger charge is 2.13. The van der Waals surface area contributed by atoms with E-state index in [0.717, 1.165) is 37.6 Å². The van der Waals surface area contributed by atoms with Gasteiger partial charge in [-0.3, -0.25) is 0 Å². The molecular formula is C17H20N2O3. The Kier molecular flexibility index (Phi) is 5.56. The fourth-order valence-electron chi connectivity index (χ4n) is 2.18. The van der Waals surface area contributed by atoms with E-state index in [9.17, 15) is 4.79 Å². The molecule has 1 aliphatic rings. The number of hydrogen-bond acceptors (Lipinski definition) is 5. The van der Waals surface area contributed by atoms with Crippen LogP contribution in [0.25, 0.3) is 6.08 Å². The van der Waals surface area contributed by atoms with Gasteiger partial charge in [-0.15, -0.1) is 0 Å². The van der Waals surface area contributed by atoms with Gasteiger partial charge in [0.1, 0.15) is 11.6 Å². The van der Waals surface area contributed by atoms with Crippen molar-refractivity contribution >= 4 is 17.7 Å². The molecule has 0 aromatic heterocycles. The molecule has 0 spiro atoms. The van der Waals surface area contributed by atoms with Crippen LogP contribution in [0.2, 0.25) is 0 Å². The molecule has 22 heavy (non-hydrogen) atoms. The molecule has 5 heteroatoms. The summed E-state index contributed by atoms with van der Waals surface area (Å²) in [4.78, 5) is 14.0. The van der Waals surface area contributed by atoms with E-state index in [1.165, 1.54) is 0 Å². The van der Waals surface area contributed by atoms with Crippen molar-refractivity contribution in [1.29, 1.82) is 5.26 Å². The molecule has 1 saturated heterocycles. The standard InChI is InChI=1S/C17H20N2O3/c1-13(2)22-17(20)15(12-18)11-14-3-5-16(6-4-14)19-7-9-21-10-8-19/h3-6,11,13H,7-10H2,1-2H3/b15-11-. The first-order valence-electron chi connectivity index (χ1n) is 7.35. The summed E-state index contributed by atoms with van der Waals surface area (Å²) < 4.78 is 10.4. The zero-order valence-electron chi connectivity index (χ0n) is 12.9. The van der Waals surface area contributed by atoms with Crippen LogP contribution in [0.4, 0.5) is 5.69 Å². The maximum Gasteiger partial charge on any atom is 0.349 e. The lowest BCUT2D eigenvalue weighted by Crippen LogP contribution is -2.36. The second-order valence-corrected chi connectivity index (χ2v) is 5.31. The molecule has 1 aliphatic heterocycles. The summed E-state index contributed by atoms with van der Waals surface area (Å²) in [5.74, 6) is -0.588. The van der Waals surface area contributed by atoms with Gasteiger partial charge in [0.05, 0.1) is 19.3 Å². The molecule has 1 fully saturated rings. The van der Waals surface area contributed by atoms with Gasteiger partial charge in [0.25, 0.3) is 0 Å². The second kappa shape index (κ2) is 7.62. The van der Waals surface area contributed by atoms with Gasteiger partial charge >= 0.3 is 5.97 Å². The van der Waals surface area contributed by atoms with Crippen molar-refractivity contribution in [2.45, 2.75) is 20.0 Å². The topological polar surface area (TPSA) is 62.6 Å². The number of nitrogens with zero attached hydrogens (tertiary/aromatic N) is 2. The molecule has 1 heterocycles. The average molecular weight is 300 g/mol. The van der Waals surface area contributed by atoms with Crippen LogP contribution in [-0.2, 0) is 14.3 Å². The van der Waals surface area contributed by atoms with Gasteiger partial charge in [0.15, 0.2) is 0 Å². The summed E-state index contributed by atoms with van der Waals surface area (Å²) in [6.45, 7) is 6.73. The normalized spacial score (nSPS) is 15.5. The SMILES string of the molecule is CC(C)OC(=O)/C(C#N)=C\c1ccc(N2CCOCC2)cc1. The van der Waals surface area contributed by atoms with Gasteiger partial charge in [-0.05, 0) is 37.6 Å². The molecule has 116 valence electrons. The summed E-state index contributed by atoms with van der Waals surface area (Å²) in [6.07, 6.45) is 1.31. The fourth-order valence-corrected chi connectivity index (χ4v) is 2.18. The lowest BCUT2D eigenvalue weighted by Gasteiger charge is -2.28. The predicted molar refractivity (Wildman–Crippen MR) is 84.3 cm³/mol. The van der Waals surface area contributed by atoms with Gasteiger partial charge in [0, 0.05) is 18.8 Å². The Labute approximate surface area is 130 Å². The van der Waals surface area contributed by atoms with Crippen LogP contribution >= 0.6 is 0 Å². The predicted octanol–water partition coefficient (Wildman–Crippen LogP) is 2.38. The van der Waals surface area contributed by atoms with Gasteiger partial charge in [-0.2, -0.15) is 5.26 Å². The third-order valence-corrected chi connectivity index (χ3v) is 3.26. The zero-order valence-corrected chi connectivity index (χ0v) is 12.9. The van der Waals surface area contributed by atoms with Crippen LogP contribution in [0.1, 0.15) is 19.4 Å². The highest BCUT2D eigenvalue weighted by Crippen LogP contribution is 2.18. The van der Waals surface area contributed by atoms with E-state index in [2.05, 4.69) is 4.90 Å². The summed E-state index contributed by atoms with van der Waals surface area (Å²) in [5, 5.41) is 9.09. The van der Waals surface area contributed by atoms with Gasteiger partial charge in [-0.1, -0.05) is 12.1 Å². The molecule has 0 atom stereocenters. The summed E-state index contributed by atoms with van der Waals surface area (Å²) in [7, 11) is 0. The van der Waals surface area contributed by atoms with Crippen LogP contribution in [-0.4, -0.2) is 38.4 Å². The lowest BCUT2D eigenvalue weighted by atomic mass is 10.1. The molecule has 1 aromatic carbocycles. The van der Waals surface area contributed by atoms with Crippen LogP contribution in [0.5, 0.6) is 0 Å². The molecule has 5 nitrogen and oxygen atoms in total. The van der Waals surface area contributed by atoms with Crippen molar-refractivity contribution in [3.63, 3.8) is 0 Å².